The van der Waals surface area contributed by atoms with Gasteiger partial charge in [-0.1, -0.05) is 26.3 Å². The number of fused-ring (bicyclic) bond motifs is 3. The molecule has 0 spiro atoms. The normalized spacial score (nSPS) is 52.6. The molecule has 0 aromatic rings. The van der Waals surface area contributed by atoms with Crippen LogP contribution in [0.4, 0.5) is 4.39 Å². The molecular formula is C21H33FO3. The van der Waals surface area contributed by atoms with Gasteiger partial charge in [-0.15, -0.1) is 6.58 Å². The third-order valence-corrected chi connectivity index (χ3v) is 8.30. The Morgan fingerprint density at radius 3 is 2.48 bits per heavy atom. The van der Waals surface area contributed by atoms with E-state index < -0.39 is 22.1 Å². The van der Waals surface area contributed by atoms with Crippen molar-refractivity contribution in [2.45, 2.75) is 83.4 Å². The van der Waals surface area contributed by atoms with Gasteiger partial charge in [-0.3, -0.25) is 4.79 Å². The lowest BCUT2D eigenvalue weighted by Crippen LogP contribution is -2.71. The molecule has 3 saturated carbocycles. The average Bonchev–Trinajstić information content (AvgIpc) is 2.56. The largest absolute Gasteiger partial charge is 0.469 e. The Hall–Kier alpha value is -0.900. The van der Waals surface area contributed by atoms with E-state index in [2.05, 4.69) is 13.5 Å². The van der Waals surface area contributed by atoms with Crippen LogP contribution in [0.5, 0.6) is 0 Å². The standard InChI is InChI=1S/C21H33FO3/c1-6-17(2)12-13-21(22)19(4)10-7-9-18(3,16(23)25-5)15(19)8-11-20(21,24)14-17/h6,15,24H,1,7-14H2,2-5H3/t15-,17-,18+,19-,20+,21-/m0/s1. The highest BCUT2D eigenvalue weighted by Gasteiger charge is 2.72. The zero-order valence-electron chi connectivity index (χ0n) is 16.2. The second-order valence-corrected chi connectivity index (χ2v) is 9.64. The molecule has 0 heterocycles. The predicted octanol–water partition coefficient (Wildman–Crippen LogP) is 4.58. The van der Waals surface area contributed by atoms with Crippen molar-refractivity contribution in [1.29, 1.82) is 0 Å². The van der Waals surface area contributed by atoms with Gasteiger partial charge in [0.2, 0.25) is 0 Å². The first-order valence-electron chi connectivity index (χ1n) is 9.64. The van der Waals surface area contributed by atoms with E-state index >= 15 is 4.39 Å². The second-order valence-electron chi connectivity index (χ2n) is 9.64. The molecule has 3 aliphatic rings. The number of carbonyl (C=O) groups excluding carboxylic acids is 1. The first-order chi connectivity index (χ1) is 11.5. The Morgan fingerprint density at radius 1 is 1.20 bits per heavy atom. The minimum absolute atomic E-state index is 0.0976. The van der Waals surface area contributed by atoms with Crippen molar-refractivity contribution in [2.24, 2.45) is 22.2 Å². The van der Waals surface area contributed by atoms with Crippen molar-refractivity contribution in [2.75, 3.05) is 7.11 Å². The topological polar surface area (TPSA) is 46.5 Å². The van der Waals surface area contributed by atoms with Gasteiger partial charge in [0.15, 0.2) is 0 Å². The van der Waals surface area contributed by atoms with Crippen molar-refractivity contribution in [3.8, 4) is 0 Å². The summed E-state index contributed by atoms with van der Waals surface area (Å²) in [6.07, 6.45) is 6.61. The molecule has 0 radical (unpaired) electrons. The highest BCUT2D eigenvalue weighted by molar-refractivity contribution is 5.77. The Bertz CT molecular complexity index is 592. The number of methoxy groups -OCH3 is 1. The molecule has 3 aliphatic carbocycles. The Balaban J connectivity index is 2.05. The van der Waals surface area contributed by atoms with Gasteiger partial charge < -0.3 is 9.84 Å². The monoisotopic (exact) mass is 352 g/mol. The van der Waals surface area contributed by atoms with Crippen LogP contribution in [0, 0.1) is 22.2 Å². The molecule has 0 amide bonds. The number of esters is 1. The van der Waals surface area contributed by atoms with Crippen LogP contribution in [0.1, 0.15) is 72.1 Å². The second kappa shape index (κ2) is 5.55. The van der Waals surface area contributed by atoms with Crippen molar-refractivity contribution < 1.29 is 19.0 Å². The molecule has 142 valence electrons. The fourth-order valence-electron chi connectivity index (χ4n) is 6.71. The smallest absolute Gasteiger partial charge is 0.311 e. The molecule has 0 bridgehead atoms. The van der Waals surface area contributed by atoms with Crippen LogP contribution in [-0.2, 0) is 9.53 Å². The molecule has 6 atom stereocenters. The Labute approximate surface area is 151 Å². The maximum absolute atomic E-state index is 16.7. The Morgan fingerprint density at radius 2 is 1.88 bits per heavy atom. The number of hydrogen-bond donors (Lipinski definition) is 1. The van der Waals surface area contributed by atoms with E-state index in [0.717, 1.165) is 12.8 Å². The van der Waals surface area contributed by atoms with Gasteiger partial charge in [-0.05, 0) is 63.2 Å². The molecule has 0 aromatic carbocycles. The van der Waals surface area contributed by atoms with Gasteiger partial charge in [0, 0.05) is 5.41 Å². The summed E-state index contributed by atoms with van der Waals surface area (Å²) in [4.78, 5) is 12.6. The molecule has 0 aromatic heterocycles. The molecule has 3 rings (SSSR count). The number of ether oxygens (including phenoxy) is 1. The van der Waals surface area contributed by atoms with Gasteiger partial charge in [0.25, 0.3) is 0 Å². The fourth-order valence-corrected chi connectivity index (χ4v) is 6.71. The summed E-state index contributed by atoms with van der Waals surface area (Å²) in [5.74, 6) is -0.330. The molecule has 0 aliphatic heterocycles. The summed E-state index contributed by atoms with van der Waals surface area (Å²) in [5, 5.41) is 11.4. The van der Waals surface area contributed by atoms with Gasteiger partial charge in [0.05, 0.1) is 18.1 Å². The third-order valence-electron chi connectivity index (χ3n) is 8.30. The lowest BCUT2D eigenvalue weighted by molar-refractivity contribution is -0.270. The summed E-state index contributed by atoms with van der Waals surface area (Å²) < 4.78 is 21.8. The average molecular weight is 352 g/mol. The maximum Gasteiger partial charge on any atom is 0.311 e. The molecule has 0 saturated heterocycles. The zero-order valence-corrected chi connectivity index (χ0v) is 16.2. The first kappa shape index (κ1) is 18.9. The van der Waals surface area contributed by atoms with Crippen LogP contribution in [-0.4, -0.2) is 29.5 Å². The summed E-state index contributed by atoms with van der Waals surface area (Å²) in [7, 11) is 1.42. The quantitative estimate of drug-likeness (QED) is 0.584. The number of aliphatic hydroxyl groups is 1. The van der Waals surface area contributed by atoms with Crippen LogP contribution in [0.15, 0.2) is 12.7 Å². The SMILES string of the molecule is C=C[C@@]1(C)CC[C@@]2(F)[C@@](O)(CC[C@H]3[C@](C)(C(=O)OC)CCC[C@@]32C)C1. The minimum atomic E-state index is -1.67. The van der Waals surface area contributed by atoms with Crippen LogP contribution in [0.3, 0.4) is 0 Å². The predicted molar refractivity (Wildman–Crippen MR) is 95.7 cm³/mol. The minimum Gasteiger partial charge on any atom is -0.469 e. The number of rotatable bonds is 2. The van der Waals surface area contributed by atoms with E-state index in [-0.39, 0.29) is 17.3 Å². The fraction of sp³-hybridized carbons (Fsp3) is 0.857. The molecule has 4 heteroatoms. The third kappa shape index (κ3) is 2.28. The van der Waals surface area contributed by atoms with Gasteiger partial charge in [-0.2, -0.15) is 0 Å². The summed E-state index contributed by atoms with van der Waals surface area (Å²) in [6.45, 7) is 9.88. The van der Waals surface area contributed by atoms with E-state index in [4.69, 9.17) is 4.74 Å². The summed E-state index contributed by atoms with van der Waals surface area (Å²) in [5.41, 5.74) is -4.60. The lowest BCUT2D eigenvalue weighted by atomic mass is 9.40. The highest BCUT2D eigenvalue weighted by Crippen LogP contribution is 2.69. The number of halogens is 1. The molecule has 3 nitrogen and oxygen atoms in total. The van der Waals surface area contributed by atoms with Crippen LogP contribution < -0.4 is 0 Å². The maximum atomic E-state index is 16.7. The number of carbonyl (C=O) groups is 1. The van der Waals surface area contributed by atoms with Crippen molar-refractivity contribution in [1.82, 2.24) is 0 Å². The highest BCUT2D eigenvalue weighted by atomic mass is 19.1. The van der Waals surface area contributed by atoms with Gasteiger partial charge >= 0.3 is 5.97 Å². The van der Waals surface area contributed by atoms with E-state index in [0.29, 0.717) is 38.5 Å². The molecular weight excluding hydrogens is 319 g/mol. The van der Waals surface area contributed by atoms with Crippen LogP contribution >= 0.6 is 0 Å². The summed E-state index contributed by atoms with van der Waals surface area (Å²) in [6, 6.07) is 0. The molecule has 0 unspecified atom stereocenters. The Kier molecular flexibility index (Phi) is 4.19. The zero-order chi connectivity index (χ0) is 18.7. The van der Waals surface area contributed by atoms with Crippen molar-refractivity contribution in [3.05, 3.63) is 12.7 Å². The van der Waals surface area contributed by atoms with E-state index in [1.54, 1.807) is 0 Å². The number of hydrogen-bond acceptors (Lipinski definition) is 3. The van der Waals surface area contributed by atoms with Gasteiger partial charge in [-0.25, -0.2) is 4.39 Å². The van der Waals surface area contributed by atoms with Crippen molar-refractivity contribution >= 4 is 5.97 Å². The van der Waals surface area contributed by atoms with Crippen LogP contribution in [0.25, 0.3) is 0 Å². The van der Waals surface area contributed by atoms with Crippen molar-refractivity contribution in [3.63, 3.8) is 0 Å². The summed E-state index contributed by atoms with van der Waals surface area (Å²) >= 11 is 0. The van der Waals surface area contributed by atoms with E-state index in [9.17, 15) is 9.90 Å². The van der Waals surface area contributed by atoms with E-state index in [1.165, 1.54) is 7.11 Å². The molecule has 1 N–H and O–H groups in total. The number of allylic oxidation sites excluding steroid dienone is 1. The van der Waals surface area contributed by atoms with Crippen LogP contribution in [0.2, 0.25) is 0 Å². The first-order valence-corrected chi connectivity index (χ1v) is 9.64. The lowest BCUT2D eigenvalue weighted by Gasteiger charge is -2.67. The van der Waals surface area contributed by atoms with E-state index in [1.807, 2.05) is 19.9 Å². The van der Waals surface area contributed by atoms with Gasteiger partial charge in [0.1, 0.15) is 5.67 Å². The molecule has 3 fully saturated rings. The molecule has 25 heavy (non-hydrogen) atoms. The number of alkyl halides is 1.